The highest BCUT2D eigenvalue weighted by atomic mass is 32.2. The molecule has 1 aliphatic rings. The first-order chi connectivity index (χ1) is 7.83. The molecule has 1 saturated heterocycles. The van der Waals surface area contributed by atoms with Crippen molar-refractivity contribution in [2.75, 3.05) is 10.7 Å². The van der Waals surface area contributed by atoms with E-state index in [0.717, 1.165) is 11.6 Å². The Kier molecular flexibility index (Phi) is 4.17. The summed E-state index contributed by atoms with van der Waals surface area (Å²) in [7, 11) is 0. The number of carbonyl (C=O) groups is 1. The van der Waals surface area contributed by atoms with Crippen LogP contribution in [0.15, 0.2) is 5.51 Å². The van der Waals surface area contributed by atoms with E-state index in [9.17, 15) is 4.79 Å². The van der Waals surface area contributed by atoms with E-state index in [2.05, 4.69) is 17.1 Å². The number of rotatable bonds is 5. The molecule has 1 fully saturated rings. The number of anilines is 1. The summed E-state index contributed by atoms with van der Waals surface area (Å²) in [5.74, 6) is 0.749. The topological polar surface area (TPSA) is 46.1 Å². The minimum Gasteiger partial charge on any atom is -0.273 e. The average molecular weight is 257 g/mol. The van der Waals surface area contributed by atoms with Gasteiger partial charge in [0.15, 0.2) is 0 Å². The van der Waals surface area contributed by atoms with Crippen molar-refractivity contribution in [3.05, 3.63) is 5.51 Å². The standard InChI is InChI=1S/C10H15N3OS2/c1-2-3-4-5-9-13(8(14)6-15-9)10-12-11-7-16-10/h7,9H,2-6H2,1H3. The molecule has 1 amide bonds. The van der Waals surface area contributed by atoms with E-state index in [4.69, 9.17) is 0 Å². The van der Waals surface area contributed by atoms with Crippen LogP contribution in [-0.4, -0.2) is 27.2 Å². The molecule has 1 aliphatic heterocycles. The second kappa shape index (κ2) is 5.63. The van der Waals surface area contributed by atoms with E-state index < -0.39 is 0 Å². The lowest BCUT2D eigenvalue weighted by atomic mass is 10.2. The third-order valence-corrected chi connectivity index (χ3v) is 4.50. The summed E-state index contributed by atoms with van der Waals surface area (Å²) in [6.07, 6.45) is 4.68. The SMILES string of the molecule is CCCCCC1SCC(=O)N1c1nncs1. The Balaban J connectivity index is 1.99. The normalized spacial score (nSPS) is 20.7. The molecule has 1 aromatic rings. The number of unbranched alkanes of at least 4 members (excludes halogenated alkanes) is 2. The van der Waals surface area contributed by atoms with Crippen LogP contribution in [0.4, 0.5) is 5.13 Å². The summed E-state index contributed by atoms with van der Waals surface area (Å²) >= 11 is 3.16. The number of hydrogen-bond donors (Lipinski definition) is 0. The predicted octanol–water partition coefficient (Wildman–Crippen LogP) is 2.52. The zero-order valence-corrected chi connectivity index (χ0v) is 10.9. The van der Waals surface area contributed by atoms with Crippen molar-refractivity contribution in [2.45, 2.75) is 38.0 Å². The van der Waals surface area contributed by atoms with Gasteiger partial charge in [0, 0.05) is 0 Å². The van der Waals surface area contributed by atoms with Crippen molar-refractivity contribution >= 4 is 34.1 Å². The van der Waals surface area contributed by atoms with Gasteiger partial charge in [-0.3, -0.25) is 9.69 Å². The second-order valence-electron chi connectivity index (χ2n) is 3.75. The molecule has 2 rings (SSSR count). The summed E-state index contributed by atoms with van der Waals surface area (Å²) in [4.78, 5) is 13.6. The number of nitrogens with zero attached hydrogens (tertiary/aromatic N) is 3. The largest absolute Gasteiger partial charge is 0.273 e. The van der Waals surface area contributed by atoms with Crippen LogP contribution in [0.2, 0.25) is 0 Å². The number of amides is 1. The highest BCUT2D eigenvalue weighted by Gasteiger charge is 2.34. The zero-order valence-electron chi connectivity index (χ0n) is 9.26. The van der Waals surface area contributed by atoms with E-state index in [-0.39, 0.29) is 11.3 Å². The maximum Gasteiger partial charge on any atom is 0.239 e. The van der Waals surface area contributed by atoms with Gasteiger partial charge in [-0.25, -0.2) is 0 Å². The fourth-order valence-corrected chi connectivity index (χ4v) is 3.62. The molecule has 1 atom stereocenters. The molecule has 0 radical (unpaired) electrons. The summed E-state index contributed by atoms with van der Waals surface area (Å²) in [6.45, 7) is 2.19. The van der Waals surface area contributed by atoms with Crippen molar-refractivity contribution in [1.82, 2.24) is 10.2 Å². The van der Waals surface area contributed by atoms with Crippen LogP contribution in [0.1, 0.15) is 32.6 Å². The molecule has 0 aromatic carbocycles. The second-order valence-corrected chi connectivity index (χ2v) is 5.72. The van der Waals surface area contributed by atoms with Crippen LogP contribution in [0.5, 0.6) is 0 Å². The minimum absolute atomic E-state index is 0.170. The number of carbonyl (C=O) groups excluding carboxylic acids is 1. The van der Waals surface area contributed by atoms with Gasteiger partial charge < -0.3 is 0 Å². The van der Waals surface area contributed by atoms with Crippen LogP contribution < -0.4 is 4.90 Å². The lowest BCUT2D eigenvalue weighted by molar-refractivity contribution is -0.115. The summed E-state index contributed by atoms with van der Waals surface area (Å²) in [5.41, 5.74) is 1.68. The van der Waals surface area contributed by atoms with E-state index in [0.29, 0.717) is 5.75 Å². The van der Waals surface area contributed by atoms with Gasteiger partial charge in [0.1, 0.15) is 5.51 Å². The van der Waals surface area contributed by atoms with Crippen molar-refractivity contribution < 1.29 is 4.79 Å². The van der Waals surface area contributed by atoms with Crippen molar-refractivity contribution in [3.8, 4) is 0 Å². The van der Waals surface area contributed by atoms with Crippen molar-refractivity contribution in [3.63, 3.8) is 0 Å². The molecular weight excluding hydrogens is 242 g/mol. The lowest BCUT2D eigenvalue weighted by Gasteiger charge is -2.20. The molecule has 0 aliphatic carbocycles. The Labute approximate surface area is 103 Å². The molecule has 0 saturated carbocycles. The third-order valence-electron chi connectivity index (χ3n) is 2.57. The van der Waals surface area contributed by atoms with Crippen molar-refractivity contribution in [2.24, 2.45) is 0 Å². The van der Waals surface area contributed by atoms with Crippen LogP contribution in [-0.2, 0) is 4.79 Å². The number of thioether (sulfide) groups is 1. The smallest absolute Gasteiger partial charge is 0.239 e. The third kappa shape index (κ3) is 2.55. The Hall–Kier alpha value is -0.620. The highest BCUT2D eigenvalue weighted by molar-refractivity contribution is 8.01. The van der Waals surface area contributed by atoms with Gasteiger partial charge >= 0.3 is 0 Å². The summed E-state index contributed by atoms with van der Waals surface area (Å²) in [6, 6.07) is 0. The first-order valence-corrected chi connectivity index (χ1v) is 7.45. The highest BCUT2D eigenvalue weighted by Crippen LogP contribution is 2.34. The fraction of sp³-hybridized carbons (Fsp3) is 0.700. The van der Waals surface area contributed by atoms with Gasteiger partial charge in [-0.05, 0) is 6.42 Å². The van der Waals surface area contributed by atoms with Crippen LogP contribution in [0.3, 0.4) is 0 Å². The Morgan fingerprint density at radius 2 is 2.44 bits per heavy atom. The van der Waals surface area contributed by atoms with Crippen molar-refractivity contribution in [1.29, 1.82) is 0 Å². The molecule has 1 aromatic heterocycles. The predicted molar refractivity (Wildman–Crippen MR) is 67.8 cm³/mol. The van der Waals surface area contributed by atoms with E-state index in [1.165, 1.54) is 30.6 Å². The van der Waals surface area contributed by atoms with Gasteiger partial charge in [0.2, 0.25) is 11.0 Å². The Morgan fingerprint density at radius 3 is 3.12 bits per heavy atom. The Morgan fingerprint density at radius 1 is 1.56 bits per heavy atom. The molecule has 0 bridgehead atoms. The van der Waals surface area contributed by atoms with Crippen LogP contribution in [0.25, 0.3) is 0 Å². The van der Waals surface area contributed by atoms with E-state index in [1.807, 2.05) is 4.90 Å². The molecule has 4 nitrogen and oxygen atoms in total. The monoisotopic (exact) mass is 257 g/mol. The molecule has 6 heteroatoms. The quantitative estimate of drug-likeness (QED) is 0.760. The molecular formula is C10H15N3OS2. The van der Waals surface area contributed by atoms with Gasteiger partial charge in [-0.15, -0.1) is 22.0 Å². The average Bonchev–Trinajstić information content (AvgIpc) is 2.88. The van der Waals surface area contributed by atoms with E-state index >= 15 is 0 Å². The number of aromatic nitrogens is 2. The zero-order chi connectivity index (χ0) is 11.4. The lowest BCUT2D eigenvalue weighted by Crippen LogP contribution is -2.32. The van der Waals surface area contributed by atoms with E-state index in [1.54, 1.807) is 17.3 Å². The van der Waals surface area contributed by atoms with Crippen LogP contribution in [0, 0.1) is 0 Å². The molecule has 16 heavy (non-hydrogen) atoms. The summed E-state index contributed by atoms with van der Waals surface area (Å²) in [5, 5.41) is 8.80. The Bertz CT molecular complexity index is 342. The van der Waals surface area contributed by atoms with Gasteiger partial charge in [0.05, 0.1) is 11.1 Å². The molecule has 2 heterocycles. The first kappa shape index (κ1) is 11.9. The van der Waals surface area contributed by atoms with Crippen LogP contribution >= 0.6 is 23.1 Å². The van der Waals surface area contributed by atoms with Gasteiger partial charge in [-0.1, -0.05) is 37.5 Å². The first-order valence-electron chi connectivity index (χ1n) is 5.52. The maximum absolute atomic E-state index is 11.8. The summed E-state index contributed by atoms with van der Waals surface area (Å²) < 4.78 is 0. The molecule has 88 valence electrons. The minimum atomic E-state index is 0.170. The molecule has 0 N–H and O–H groups in total. The van der Waals surface area contributed by atoms with Gasteiger partial charge in [0.25, 0.3) is 0 Å². The fourth-order valence-electron chi connectivity index (χ4n) is 1.76. The molecule has 1 unspecified atom stereocenters. The van der Waals surface area contributed by atoms with Gasteiger partial charge in [-0.2, -0.15) is 0 Å². The number of hydrogen-bond acceptors (Lipinski definition) is 5. The maximum atomic E-state index is 11.8. The molecule has 0 spiro atoms.